The van der Waals surface area contributed by atoms with Crippen LogP contribution in [0, 0.1) is 0 Å². The Bertz CT molecular complexity index is 421. The maximum absolute atomic E-state index is 11.7. The molecule has 1 aliphatic heterocycles. The van der Waals surface area contributed by atoms with Gasteiger partial charge >= 0.3 is 6.09 Å². The minimum absolute atomic E-state index is 0.0881. The highest BCUT2D eigenvalue weighted by Crippen LogP contribution is 2.17. The molecule has 2 rings (SSSR count). The molecule has 1 atom stereocenters. The third kappa shape index (κ3) is 5.49. The normalized spacial score (nSPS) is 27.5. The number of hydrogen-bond donors (Lipinski definition) is 2. The lowest BCUT2D eigenvalue weighted by Gasteiger charge is -2.23. The first-order chi connectivity index (χ1) is 9.55. The van der Waals surface area contributed by atoms with Crippen LogP contribution in [0.3, 0.4) is 0 Å². The molecule has 6 nitrogen and oxygen atoms in total. The molecule has 0 aromatic heterocycles. The molecule has 8 heteroatoms. The van der Waals surface area contributed by atoms with Crippen LogP contribution >= 0.6 is 11.8 Å². The van der Waals surface area contributed by atoms with Gasteiger partial charge in [-0.25, -0.2) is 17.9 Å². The van der Waals surface area contributed by atoms with E-state index in [2.05, 4.69) is 10.0 Å². The smallest absolute Gasteiger partial charge is 0.407 e. The fourth-order valence-electron chi connectivity index (χ4n) is 2.45. The van der Waals surface area contributed by atoms with Crippen LogP contribution in [0.5, 0.6) is 0 Å². The van der Waals surface area contributed by atoms with E-state index in [4.69, 9.17) is 4.74 Å². The van der Waals surface area contributed by atoms with Crippen LogP contribution in [0.15, 0.2) is 0 Å². The zero-order valence-corrected chi connectivity index (χ0v) is 13.1. The highest BCUT2D eigenvalue weighted by atomic mass is 32.2. The zero-order valence-electron chi connectivity index (χ0n) is 11.5. The summed E-state index contributed by atoms with van der Waals surface area (Å²) in [5.41, 5.74) is 0. The van der Waals surface area contributed by atoms with Crippen LogP contribution in [0.25, 0.3) is 0 Å². The number of sulfonamides is 1. The third-order valence-corrected chi connectivity index (χ3v) is 6.33. The summed E-state index contributed by atoms with van der Waals surface area (Å²) in [6, 6.07) is -0.124. The van der Waals surface area contributed by atoms with Crippen molar-refractivity contribution >= 4 is 27.9 Å². The summed E-state index contributed by atoms with van der Waals surface area (Å²) in [6.07, 6.45) is 5.08. The van der Waals surface area contributed by atoms with Crippen molar-refractivity contribution < 1.29 is 17.9 Å². The van der Waals surface area contributed by atoms with E-state index in [-0.39, 0.29) is 24.4 Å². The van der Waals surface area contributed by atoms with Gasteiger partial charge in [-0.2, -0.15) is 11.8 Å². The first kappa shape index (κ1) is 15.9. The van der Waals surface area contributed by atoms with Crippen LogP contribution in [0.1, 0.15) is 32.1 Å². The number of rotatable bonds is 3. The second kappa shape index (κ2) is 7.51. The van der Waals surface area contributed by atoms with Crippen LogP contribution in [-0.2, 0) is 14.8 Å². The Balaban J connectivity index is 1.71. The summed E-state index contributed by atoms with van der Waals surface area (Å²) in [6.45, 7) is 0.0881. The number of hydrogen-bond acceptors (Lipinski definition) is 5. The summed E-state index contributed by atoms with van der Waals surface area (Å²) in [7, 11) is -3.23. The van der Waals surface area contributed by atoms with Crippen molar-refractivity contribution in [2.75, 3.05) is 23.9 Å². The second-order valence-electron chi connectivity index (χ2n) is 5.29. The SMILES string of the molecule is O=C(NC1CCCCC1)OC[C@@H]1CSCCS(=O)(=O)N1. The molecular formula is C12H22N2O4S2. The summed E-state index contributed by atoms with van der Waals surface area (Å²) in [5, 5.41) is 2.85. The predicted octanol–water partition coefficient (Wildman–Crippen LogP) is 1.08. The van der Waals surface area contributed by atoms with Crippen LogP contribution < -0.4 is 10.0 Å². The number of alkyl carbamates (subject to hydrolysis) is 1. The van der Waals surface area contributed by atoms with Gasteiger partial charge in [0, 0.05) is 17.5 Å². The first-order valence-electron chi connectivity index (χ1n) is 7.06. The molecule has 1 amide bonds. The van der Waals surface area contributed by atoms with Crippen LogP contribution in [0.4, 0.5) is 4.79 Å². The number of ether oxygens (including phenoxy) is 1. The fraction of sp³-hybridized carbons (Fsp3) is 0.917. The fourth-order valence-corrected chi connectivity index (χ4v) is 5.32. The topological polar surface area (TPSA) is 84.5 Å². The molecule has 0 spiro atoms. The minimum atomic E-state index is -3.23. The number of nitrogens with one attached hydrogen (secondary N) is 2. The number of amides is 1. The molecule has 0 aromatic rings. The molecule has 0 unspecified atom stereocenters. The average molecular weight is 322 g/mol. The van der Waals surface area contributed by atoms with Crippen LogP contribution in [0.2, 0.25) is 0 Å². The molecule has 1 saturated heterocycles. The van der Waals surface area contributed by atoms with Gasteiger partial charge in [0.15, 0.2) is 0 Å². The molecule has 116 valence electrons. The molecule has 0 radical (unpaired) electrons. The van der Waals surface area contributed by atoms with Gasteiger partial charge in [-0.05, 0) is 12.8 Å². The van der Waals surface area contributed by atoms with Gasteiger partial charge < -0.3 is 10.1 Å². The molecule has 2 N–H and O–H groups in total. The largest absolute Gasteiger partial charge is 0.448 e. The van der Waals surface area contributed by atoms with Crippen molar-refractivity contribution in [1.82, 2.24) is 10.0 Å². The van der Waals surface area contributed by atoms with E-state index >= 15 is 0 Å². The Morgan fingerprint density at radius 1 is 1.30 bits per heavy atom. The van der Waals surface area contributed by atoms with Crippen molar-refractivity contribution in [3.63, 3.8) is 0 Å². The third-order valence-electron chi connectivity index (χ3n) is 3.50. The van der Waals surface area contributed by atoms with Gasteiger partial charge in [0.05, 0.1) is 11.8 Å². The van der Waals surface area contributed by atoms with Gasteiger partial charge in [0.1, 0.15) is 6.61 Å². The standard InChI is InChI=1S/C12H22N2O4S2/c15-12(13-10-4-2-1-3-5-10)18-8-11-9-19-6-7-20(16,17)14-11/h10-11,14H,1-9H2,(H,13,15)/t11-/m1/s1. The molecule has 0 aromatic carbocycles. The van der Waals surface area contributed by atoms with Gasteiger partial charge in [0.2, 0.25) is 10.0 Å². The van der Waals surface area contributed by atoms with Crippen molar-refractivity contribution in [3.05, 3.63) is 0 Å². The Morgan fingerprint density at radius 2 is 2.05 bits per heavy atom. The zero-order chi connectivity index (χ0) is 14.4. The summed E-state index contributed by atoms with van der Waals surface area (Å²) in [5.74, 6) is 1.35. The van der Waals surface area contributed by atoms with E-state index in [1.165, 1.54) is 6.42 Å². The Hall–Kier alpha value is -0.470. The predicted molar refractivity (Wildman–Crippen MR) is 79.4 cm³/mol. The molecule has 2 fully saturated rings. The summed E-state index contributed by atoms with van der Waals surface area (Å²) < 4.78 is 30.8. The molecule has 1 saturated carbocycles. The van der Waals surface area contributed by atoms with E-state index in [9.17, 15) is 13.2 Å². The van der Waals surface area contributed by atoms with Gasteiger partial charge in [0.25, 0.3) is 0 Å². The molecular weight excluding hydrogens is 300 g/mol. The Labute approximate surface area is 124 Å². The van der Waals surface area contributed by atoms with Crippen molar-refractivity contribution in [2.24, 2.45) is 0 Å². The Kier molecular flexibility index (Phi) is 5.98. The average Bonchev–Trinajstić information content (AvgIpc) is 2.58. The number of thioether (sulfide) groups is 1. The lowest BCUT2D eigenvalue weighted by atomic mass is 9.96. The van der Waals surface area contributed by atoms with E-state index in [1.807, 2.05) is 0 Å². The van der Waals surface area contributed by atoms with Gasteiger partial charge in [-0.15, -0.1) is 0 Å². The van der Waals surface area contributed by atoms with Gasteiger partial charge in [-0.3, -0.25) is 0 Å². The molecule has 1 aliphatic carbocycles. The second-order valence-corrected chi connectivity index (χ2v) is 8.31. The highest BCUT2D eigenvalue weighted by molar-refractivity contribution is 8.00. The van der Waals surface area contributed by atoms with Crippen molar-refractivity contribution in [1.29, 1.82) is 0 Å². The monoisotopic (exact) mass is 322 g/mol. The number of carbonyl (C=O) groups excluding carboxylic acids is 1. The number of carbonyl (C=O) groups is 1. The lowest BCUT2D eigenvalue weighted by Crippen LogP contribution is -2.42. The van der Waals surface area contributed by atoms with E-state index in [0.29, 0.717) is 11.5 Å². The molecule has 20 heavy (non-hydrogen) atoms. The maximum Gasteiger partial charge on any atom is 0.407 e. The lowest BCUT2D eigenvalue weighted by molar-refractivity contribution is 0.133. The molecule has 1 heterocycles. The summed E-state index contributed by atoms with van der Waals surface area (Å²) >= 11 is 1.56. The molecule has 2 aliphatic rings. The van der Waals surface area contributed by atoms with Crippen LogP contribution in [-0.4, -0.2) is 50.5 Å². The Morgan fingerprint density at radius 3 is 2.80 bits per heavy atom. The van der Waals surface area contributed by atoms with Crippen molar-refractivity contribution in [3.8, 4) is 0 Å². The van der Waals surface area contributed by atoms with E-state index in [0.717, 1.165) is 25.7 Å². The minimum Gasteiger partial charge on any atom is -0.448 e. The quantitative estimate of drug-likeness (QED) is 0.812. The highest BCUT2D eigenvalue weighted by Gasteiger charge is 2.23. The first-order valence-corrected chi connectivity index (χ1v) is 9.87. The van der Waals surface area contributed by atoms with E-state index in [1.54, 1.807) is 11.8 Å². The molecule has 0 bridgehead atoms. The summed E-state index contributed by atoms with van der Waals surface area (Å²) in [4.78, 5) is 11.7. The van der Waals surface area contributed by atoms with Gasteiger partial charge in [-0.1, -0.05) is 19.3 Å². The van der Waals surface area contributed by atoms with Crippen molar-refractivity contribution in [2.45, 2.75) is 44.2 Å². The maximum atomic E-state index is 11.7. The van der Waals surface area contributed by atoms with E-state index < -0.39 is 16.1 Å².